The number of aromatic carboxylic acids is 2. The number of halogens is 2. The molecular weight excluding hydrogens is 380 g/mol. The number of hydrogen-bond donors (Lipinski definition) is 2. The summed E-state index contributed by atoms with van der Waals surface area (Å²) in [6.07, 6.45) is -1.43. The van der Waals surface area contributed by atoms with Crippen molar-refractivity contribution < 1.29 is 42.9 Å². The SMILES string of the molecule is CC(C)(C)OC(=O)N1CC2(C1)CC(F)(F)c1cc(C(=O)O)c(C(=O)O)cc1O2. The Morgan fingerprint density at radius 3 is 2.14 bits per heavy atom. The fourth-order valence-electron chi connectivity index (χ4n) is 3.35. The summed E-state index contributed by atoms with van der Waals surface area (Å²) in [4.78, 5) is 35.8. The zero-order chi connectivity index (χ0) is 21.1. The molecule has 152 valence electrons. The van der Waals surface area contributed by atoms with Crippen LogP contribution in [0.15, 0.2) is 12.1 Å². The van der Waals surface area contributed by atoms with Gasteiger partial charge in [-0.25, -0.2) is 23.2 Å². The first-order valence-corrected chi connectivity index (χ1v) is 8.43. The number of carboxylic acid groups (broad SMARTS) is 2. The summed E-state index contributed by atoms with van der Waals surface area (Å²) in [6, 6.07) is 1.43. The van der Waals surface area contributed by atoms with Gasteiger partial charge in [-0.05, 0) is 32.9 Å². The van der Waals surface area contributed by atoms with Crippen molar-refractivity contribution in [3.05, 3.63) is 28.8 Å². The minimum absolute atomic E-state index is 0.153. The van der Waals surface area contributed by atoms with Gasteiger partial charge in [-0.3, -0.25) is 0 Å². The van der Waals surface area contributed by atoms with Crippen LogP contribution >= 0.6 is 0 Å². The van der Waals surface area contributed by atoms with Crippen LogP contribution in [0.25, 0.3) is 0 Å². The van der Waals surface area contributed by atoms with E-state index in [1.807, 2.05) is 0 Å². The van der Waals surface area contributed by atoms with Gasteiger partial charge in [0.2, 0.25) is 0 Å². The number of carbonyl (C=O) groups excluding carboxylic acids is 1. The van der Waals surface area contributed by atoms with Gasteiger partial charge in [0, 0.05) is 0 Å². The van der Waals surface area contributed by atoms with E-state index in [9.17, 15) is 28.3 Å². The predicted molar refractivity (Wildman–Crippen MR) is 90.0 cm³/mol. The number of hydrogen-bond acceptors (Lipinski definition) is 5. The average Bonchev–Trinajstić information content (AvgIpc) is 2.48. The van der Waals surface area contributed by atoms with Gasteiger partial charge >= 0.3 is 18.0 Å². The molecule has 2 heterocycles. The number of nitrogens with zero attached hydrogens (tertiary/aromatic N) is 1. The van der Waals surface area contributed by atoms with Gasteiger partial charge < -0.3 is 24.6 Å². The Labute approximate surface area is 158 Å². The van der Waals surface area contributed by atoms with Gasteiger partial charge in [0.25, 0.3) is 5.92 Å². The Bertz CT molecular complexity index is 869. The van der Waals surface area contributed by atoms with Crippen LogP contribution in [-0.4, -0.2) is 57.4 Å². The lowest BCUT2D eigenvalue weighted by Gasteiger charge is -2.52. The smallest absolute Gasteiger partial charge is 0.410 e. The highest BCUT2D eigenvalue weighted by molar-refractivity contribution is 6.02. The summed E-state index contributed by atoms with van der Waals surface area (Å²) in [5, 5.41) is 18.3. The molecule has 0 unspecified atom stereocenters. The largest absolute Gasteiger partial charge is 0.483 e. The van der Waals surface area contributed by atoms with Crippen molar-refractivity contribution in [3.8, 4) is 5.75 Å². The summed E-state index contributed by atoms with van der Waals surface area (Å²) in [5.41, 5.74) is -4.21. The highest BCUT2D eigenvalue weighted by atomic mass is 19.3. The molecule has 2 N–H and O–H groups in total. The molecule has 0 aromatic heterocycles. The van der Waals surface area contributed by atoms with Crippen molar-refractivity contribution in [1.82, 2.24) is 4.90 Å². The van der Waals surface area contributed by atoms with Gasteiger partial charge in [-0.15, -0.1) is 0 Å². The molecule has 1 aromatic rings. The Morgan fingerprint density at radius 2 is 1.64 bits per heavy atom. The minimum atomic E-state index is -3.45. The zero-order valence-electron chi connectivity index (χ0n) is 15.4. The van der Waals surface area contributed by atoms with Crippen LogP contribution in [0.5, 0.6) is 5.75 Å². The number of rotatable bonds is 2. The normalized spacial score (nSPS) is 19.2. The summed E-state index contributed by atoms with van der Waals surface area (Å²) < 4.78 is 40.3. The van der Waals surface area contributed by atoms with E-state index in [1.165, 1.54) is 4.90 Å². The van der Waals surface area contributed by atoms with E-state index in [0.29, 0.717) is 6.07 Å². The Morgan fingerprint density at radius 1 is 1.11 bits per heavy atom. The molecule has 0 atom stereocenters. The number of ether oxygens (including phenoxy) is 2. The predicted octanol–water partition coefficient (Wildman–Crippen LogP) is 2.95. The van der Waals surface area contributed by atoms with Crippen LogP contribution in [0.3, 0.4) is 0 Å². The van der Waals surface area contributed by atoms with Gasteiger partial charge in [0.1, 0.15) is 11.4 Å². The second-order valence-electron chi connectivity index (χ2n) is 8.01. The zero-order valence-corrected chi connectivity index (χ0v) is 15.4. The van der Waals surface area contributed by atoms with Crippen LogP contribution < -0.4 is 4.74 Å². The highest BCUT2D eigenvalue weighted by Crippen LogP contribution is 2.50. The lowest BCUT2D eigenvalue weighted by Crippen LogP contribution is -2.69. The third-order valence-electron chi connectivity index (χ3n) is 4.45. The molecule has 1 saturated heterocycles. The van der Waals surface area contributed by atoms with E-state index in [0.717, 1.165) is 6.07 Å². The molecule has 1 amide bonds. The van der Waals surface area contributed by atoms with Crippen molar-refractivity contribution in [2.45, 2.75) is 44.3 Å². The van der Waals surface area contributed by atoms with Gasteiger partial charge in [0.15, 0.2) is 5.60 Å². The number of carboxylic acids is 2. The maximum atomic E-state index is 14.7. The summed E-state index contributed by atoms with van der Waals surface area (Å²) in [7, 11) is 0. The van der Waals surface area contributed by atoms with Crippen molar-refractivity contribution >= 4 is 18.0 Å². The van der Waals surface area contributed by atoms with Crippen LogP contribution in [0.2, 0.25) is 0 Å². The van der Waals surface area contributed by atoms with Crippen molar-refractivity contribution in [2.75, 3.05) is 13.1 Å². The molecule has 0 radical (unpaired) electrons. The fourth-order valence-corrected chi connectivity index (χ4v) is 3.35. The maximum Gasteiger partial charge on any atom is 0.410 e. The lowest BCUT2D eigenvalue weighted by molar-refractivity contribution is -0.159. The van der Waals surface area contributed by atoms with E-state index >= 15 is 0 Å². The molecule has 0 saturated carbocycles. The average molecular weight is 399 g/mol. The highest BCUT2D eigenvalue weighted by Gasteiger charge is 2.58. The lowest BCUT2D eigenvalue weighted by atomic mass is 9.81. The Kier molecular flexibility index (Phi) is 4.28. The van der Waals surface area contributed by atoms with E-state index in [2.05, 4.69) is 0 Å². The molecule has 10 heteroatoms. The van der Waals surface area contributed by atoms with Crippen LogP contribution in [0.4, 0.5) is 13.6 Å². The van der Waals surface area contributed by atoms with Gasteiger partial charge in [-0.1, -0.05) is 0 Å². The van der Waals surface area contributed by atoms with Crippen LogP contribution in [0.1, 0.15) is 53.5 Å². The quantitative estimate of drug-likeness (QED) is 0.786. The summed E-state index contributed by atoms with van der Waals surface area (Å²) in [6.45, 7) is 4.72. The third-order valence-corrected chi connectivity index (χ3v) is 4.45. The molecule has 2 aliphatic heterocycles. The number of fused-ring (bicyclic) bond motifs is 1. The minimum Gasteiger partial charge on any atom is -0.483 e. The molecule has 0 aliphatic carbocycles. The van der Waals surface area contributed by atoms with Crippen LogP contribution in [0, 0.1) is 0 Å². The molecule has 3 rings (SSSR count). The van der Waals surface area contributed by atoms with E-state index in [4.69, 9.17) is 14.6 Å². The first-order chi connectivity index (χ1) is 12.7. The van der Waals surface area contributed by atoms with E-state index < -0.39 is 64.0 Å². The molecule has 2 aliphatic rings. The fraction of sp³-hybridized carbons (Fsp3) is 0.500. The Balaban J connectivity index is 1.90. The molecule has 28 heavy (non-hydrogen) atoms. The molecule has 8 nitrogen and oxygen atoms in total. The van der Waals surface area contributed by atoms with E-state index in [-0.39, 0.29) is 13.1 Å². The molecule has 1 aromatic carbocycles. The second kappa shape index (κ2) is 6.05. The monoisotopic (exact) mass is 399 g/mol. The van der Waals surface area contributed by atoms with Gasteiger partial charge in [-0.2, -0.15) is 0 Å². The van der Waals surface area contributed by atoms with E-state index in [1.54, 1.807) is 20.8 Å². The van der Waals surface area contributed by atoms with Crippen molar-refractivity contribution in [3.63, 3.8) is 0 Å². The number of carbonyl (C=O) groups is 3. The molecule has 0 bridgehead atoms. The van der Waals surface area contributed by atoms with Crippen molar-refractivity contribution in [1.29, 1.82) is 0 Å². The number of alkyl halides is 2. The maximum absolute atomic E-state index is 14.7. The Hall–Kier alpha value is -2.91. The molecule has 1 fully saturated rings. The standard InChI is InChI=1S/C18H19F2NO7/c1-16(2,3)28-15(26)21-7-17(8-21)6-18(19,20)11-4-9(13(22)23)10(14(24)25)5-12(11)27-17/h4-5H,6-8H2,1-3H3,(H,22,23)(H,24,25). The second-order valence-corrected chi connectivity index (χ2v) is 8.01. The summed E-state index contributed by atoms with van der Waals surface area (Å²) >= 11 is 0. The number of amides is 1. The topological polar surface area (TPSA) is 113 Å². The van der Waals surface area contributed by atoms with Crippen LogP contribution in [-0.2, 0) is 10.7 Å². The molecule has 1 spiro atoms. The van der Waals surface area contributed by atoms with Crippen molar-refractivity contribution in [2.24, 2.45) is 0 Å². The molecular formula is C18H19F2NO7. The summed E-state index contributed by atoms with van der Waals surface area (Å²) in [5.74, 6) is -7.05. The first kappa shape index (κ1) is 19.8. The number of likely N-dealkylation sites (tertiary alicyclic amines) is 1. The van der Waals surface area contributed by atoms with Gasteiger partial charge in [0.05, 0.1) is 36.2 Å². The third kappa shape index (κ3) is 3.46. The number of benzene rings is 1. The first-order valence-electron chi connectivity index (χ1n) is 8.43.